The van der Waals surface area contributed by atoms with E-state index in [0.717, 1.165) is 5.56 Å². The van der Waals surface area contributed by atoms with Gasteiger partial charge in [-0.05, 0) is 30.7 Å². The first kappa shape index (κ1) is 20.3. The number of nitriles is 1. The molecule has 1 N–H and O–H groups in total. The van der Waals surface area contributed by atoms with Crippen molar-refractivity contribution in [2.45, 2.75) is 19.1 Å². The van der Waals surface area contributed by atoms with E-state index in [1.165, 1.54) is 0 Å². The summed E-state index contributed by atoms with van der Waals surface area (Å²) >= 11 is 0. The van der Waals surface area contributed by atoms with Gasteiger partial charge in [-0.1, -0.05) is 17.4 Å². The summed E-state index contributed by atoms with van der Waals surface area (Å²) in [5, 5.41) is 19.4. The highest BCUT2D eigenvalue weighted by Crippen LogP contribution is 2.23. The molecular formula is C21H21N7O3. The van der Waals surface area contributed by atoms with Crippen molar-refractivity contribution in [3.8, 4) is 11.8 Å². The molecule has 1 aromatic carbocycles. The van der Waals surface area contributed by atoms with Crippen LogP contribution in [0, 0.1) is 18.3 Å². The third-order valence-corrected chi connectivity index (χ3v) is 5.11. The Morgan fingerprint density at radius 2 is 2.19 bits per heavy atom. The van der Waals surface area contributed by atoms with Crippen LogP contribution in [0.3, 0.4) is 0 Å². The van der Waals surface area contributed by atoms with E-state index in [0.29, 0.717) is 30.9 Å². The molecular weight excluding hydrogens is 398 g/mol. The number of ether oxygens (including phenoxy) is 1. The van der Waals surface area contributed by atoms with Crippen LogP contribution in [0.15, 0.2) is 41.5 Å². The smallest absolute Gasteiger partial charge is 0.273 e. The summed E-state index contributed by atoms with van der Waals surface area (Å²) in [7, 11) is 0. The standard InChI is InChI=1S/C21H21N7O3/c1-14-4-5-15(8-22)7-19(14)31-17-11-27(12-17)20(29)10-24-21(30)18-13-28(26-25-18)16-3-2-6-23-9-16/h2-7,13,16-17H,9-12H2,1H3,(H,24,30). The second-order valence-corrected chi connectivity index (χ2v) is 7.36. The zero-order valence-corrected chi connectivity index (χ0v) is 16.9. The van der Waals surface area contributed by atoms with Crippen LogP contribution < -0.4 is 10.1 Å². The number of carbonyl (C=O) groups is 2. The second-order valence-electron chi connectivity index (χ2n) is 7.36. The summed E-state index contributed by atoms with van der Waals surface area (Å²) in [5.41, 5.74) is 1.60. The number of carbonyl (C=O) groups excluding carboxylic acids is 2. The van der Waals surface area contributed by atoms with E-state index in [1.807, 2.05) is 25.1 Å². The fraction of sp³-hybridized carbons (Fsp3) is 0.333. The first-order valence-corrected chi connectivity index (χ1v) is 9.85. The zero-order chi connectivity index (χ0) is 21.8. The largest absolute Gasteiger partial charge is 0.486 e. The minimum atomic E-state index is -0.458. The molecule has 2 aromatic rings. The molecule has 2 aliphatic rings. The van der Waals surface area contributed by atoms with E-state index in [9.17, 15) is 9.59 Å². The molecule has 0 bridgehead atoms. The molecule has 4 rings (SSSR count). The summed E-state index contributed by atoms with van der Waals surface area (Å²) in [5.74, 6) is -0.0150. The Morgan fingerprint density at radius 3 is 2.94 bits per heavy atom. The minimum Gasteiger partial charge on any atom is -0.486 e. The molecule has 2 aliphatic heterocycles. The van der Waals surface area contributed by atoms with Crippen LogP contribution in [-0.4, -0.2) is 70.2 Å². The van der Waals surface area contributed by atoms with Crippen LogP contribution >= 0.6 is 0 Å². The quantitative estimate of drug-likeness (QED) is 0.733. The van der Waals surface area contributed by atoms with Crippen LogP contribution in [0.25, 0.3) is 0 Å². The molecule has 0 saturated carbocycles. The number of amides is 2. The van der Waals surface area contributed by atoms with Gasteiger partial charge in [0.1, 0.15) is 11.9 Å². The van der Waals surface area contributed by atoms with E-state index in [2.05, 4.69) is 26.7 Å². The maximum absolute atomic E-state index is 12.3. The van der Waals surface area contributed by atoms with Crippen molar-refractivity contribution < 1.29 is 14.3 Å². The number of benzene rings is 1. The van der Waals surface area contributed by atoms with Crippen LogP contribution in [0.2, 0.25) is 0 Å². The van der Waals surface area contributed by atoms with Gasteiger partial charge < -0.3 is 15.0 Å². The molecule has 0 aliphatic carbocycles. The van der Waals surface area contributed by atoms with E-state index >= 15 is 0 Å². The van der Waals surface area contributed by atoms with Gasteiger partial charge in [0.15, 0.2) is 5.69 Å². The first-order valence-electron chi connectivity index (χ1n) is 9.85. The van der Waals surface area contributed by atoms with Gasteiger partial charge in [0.05, 0.1) is 50.1 Å². The molecule has 1 atom stereocenters. The average molecular weight is 419 g/mol. The van der Waals surface area contributed by atoms with Crippen molar-refractivity contribution in [3.05, 3.63) is 53.4 Å². The number of aromatic nitrogens is 3. The molecule has 1 aromatic heterocycles. The zero-order valence-electron chi connectivity index (χ0n) is 16.9. The van der Waals surface area contributed by atoms with Crippen LogP contribution in [0.4, 0.5) is 0 Å². The van der Waals surface area contributed by atoms with Gasteiger partial charge in [-0.2, -0.15) is 5.26 Å². The summed E-state index contributed by atoms with van der Waals surface area (Å²) in [6, 6.07) is 7.28. The first-order chi connectivity index (χ1) is 15.0. The van der Waals surface area contributed by atoms with Crippen molar-refractivity contribution in [3.63, 3.8) is 0 Å². The molecule has 0 radical (unpaired) electrons. The summed E-state index contributed by atoms with van der Waals surface area (Å²) in [6.07, 6.45) is 6.86. The lowest BCUT2D eigenvalue weighted by Gasteiger charge is -2.39. The predicted molar refractivity (Wildman–Crippen MR) is 111 cm³/mol. The summed E-state index contributed by atoms with van der Waals surface area (Å²) in [4.78, 5) is 30.4. The lowest BCUT2D eigenvalue weighted by atomic mass is 10.1. The number of dihydropyridines is 1. The lowest BCUT2D eigenvalue weighted by Crippen LogP contribution is -2.58. The summed E-state index contributed by atoms with van der Waals surface area (Å²) in [6.45, 7) is 3.17. The van der Waals surface area contributed by atoms with E-state index in [4.69, 9.17) is 10.00 Å². The number of likely N-dealkylation sites (tertiary alicyclic amines) is 1. The number of allylic oxidation sites excluding steroid dienone is 1. The van der Waals surface area contributed by atoms with Gasteiger partial charge in [-0.15, -0.1) is 5.10 Å². The average Bonchev–Trinajstić information content (AvgIpc) is 3.26. The number of rotatable bonds is 6. The molecule has 158 valence electrons. The van der Waals surface area contributed by atoms with Crippen molar-refractivity contribution in [2.24, 2.45) is 4.99 Å². The van der Waals surface area contributed by atoms with Gasteiger partial charge in [0.25, 0.3) is 5.91 Å². The monoisotopic (exact) mass is 419 g/mol. The second kappa shape index (κ2) is 8.79. The summed E-state index contributed by atoms with van der Waals surface area (Å²) < 4.78 is 7.46. The maximum atomic E-state index is 12.3. The molecule has 10 heteroatoms. The van der Waals surface area contributed by atoms with E-state index in [1.54, 1.807) is 34.1 Å². The number of hydrogen-bond acceptors (Lipinski definition) is 7. The highest BCUT2D eigenvalue weighted by atomic mass is 16.5. The molecule has 2 amide bonds. The van der Waals surface area contributed by atoms with Gasteiger partial charge in [-0.25, -0.2) is 4.68 Å². The molecule has 10 nitrogen and oxygen atoms in total. The van der Waals surface area contributed by atoms with Gasteiger partial charge in [0.2, 0.25) is 5.91 Å². The number of aryl methyl sites for hydroxylation is 1. The van der Waals surface area contributed by atoms with E-state index < -0.39 is 5.91 Å². The Kier molecular flexibility index (Phi) is 5.75. The Balaban J connectivity index is 1.23. The van der Waals surface area contributed by atoms with Crippen molar-refractivity contribution >= 4 is 18.0 Å². The van der Waals surface area contributed by atoms with Crippen LogP contribution in [-0.2, 0) is 4.79 Å². The van der Waals surface area contributed by atoms with Crippen molar-refractivity contribution in [2.75, 3.05) is 26.2 Å². The highest BCUT2D eigenvalue weighted by Gasteiger charge is 2.32. The third kappa shape index (κ3) is 4.61. The van der Waals surface area contributed by atoms with Gasteiger partial charge in [-0.3, -0.25) is 14.6 Å². The Bertz CT molecular complexity index is 1090. The Morgan fingerprint density at radius 1 is 1.35 bits per heavy atom. The Hall–Kier alpha value is -4.00. The number of nitrogens with zero attached hydrogens (tertiary/aromatic N) is 6. The lowest BCUT2D eigenvalue weighted by molar-refractivity contribution is -0.138. The van der Waals surface area contributed by atoms with Crippen molar-refractivity contribution in [1.82, 2.24) is 25.2 Å². The molecule has 31 heavy (non-hydrogen) atoms. The normalized spacial score (nSPS) is 17.7. The molecule has 3 heterocycles. The van der Waals surface area contributed by atoms with Crippen molar-refractivity contribution in [1.29, 1.82) is 5.26 Å². The molecule has 1 fully saturated rings. The fourth-order valence-electron chi connectivity index (χ4n) is 3.23. The topological polar surface area (TPSA) is 126 Å². The van der Waals surface area contributed by atoms with E-state index in [-0.39, 0.29) is 30.3 Å². The number of nitrogens with one attached hydrogen (secondary N) is 1. The third-order valence-electron chi connectivity index (χ3n) is 5.11. The van der Waals surface area contributed by atoms with Gasteiger partial charge in [0, 0.05) is 6.21 Å². The van der Waals surface area contributed by atoms with Crippen LogP contribution in [0.5, 0.6) is 5.75 Å². The minimum absolute atomic E-state index is 0.0730. The SMILES string of the molecule is Cc1ccc(C#N)cc1OC1CN(C(=O)CNC(=O)c2cn(C3C=CC=NC3)nn2)C1. The Labute approximate surface area is 178 Å². The predicted octanol–water partition coefficient (Wildman–Crippen LogP) is 0.659. The molecule has 1 unspecified atom stereocenters. The number of hydrogen-bond donors (Lipinski definition) is 1. The van der Waals surface area contributed by atoms with Gasteiger partial charge >= 0.3 is 0 Å². The van der Waals surface area contributed by atoms with Crippen LogP contribution in [0.1, 0.15) is 27.7 Å². The molecule has 0 spiro atoms. The highest BCUT2D eigenvalue weighted by molar-refractivity contribution is 5.94. The fourth-order valence-corrected chi connectivity index (χ4v) is 3.23. The number of aliphatic imine (C=N–C) groups is 1. The maximum Gasteiger partial charge on any atom is 0.273 e. The molecule has 1 saturated heterocycles.